The minimum Gasteiger partial charge on any atom is -0.469 e. The SMILES string of the molecule is COC(=O)CCCCCNC(=O)C=Cc1cccn1C. The van der Waals surface area contributed by atoms with Crippen LogP contribution in [0.5, 0.6) is 0 Å². The molecule has 0 aliphatic heterocycles. The zero-order valence-electron chi connectivity index (χ0n) is 12.1. The molecule has 1 aromatic rings. The lowest BCUT2D eigenvalue weighted by atomic mass is 10.2. The van der Waals surface area contributed by atoms with Gasteiger partial charge in [0.15, 0.2) is 0 Å². The number of unbranched alkanes of at least 4 members (excludes halogenated alkanes) is 2. The fraction of sp³-hybridized carbons (Fsp3) is 0.467. The van der Waals surface area contributed by atoms with Gasteiger partial charge >= 0.3 is 5.97 Å². The van der Waals surface area contributed by atoms with Gasteiger partial charge in [-0.1, -0.05) is 6.42 Å². The third-order valence-electron chi connectivity index (χ3n) is 2.97. The molecule has 0 bridgehead atoms. The van der Waals surface area contributed by atoms with Crippen molar-refractivity contribution in [1.82, 2.24) is 9.88 Å². The first-order valence-electron chi connectivity index (χ1n) is 6.77. The number of rotatable bonds is 8. The predicted octanol–water partition coefficient (Wildman–Crippen LogP) is 1.89. The molecule has 0 unspecified atom stereocenters. The van der Waals surface area contributed by atoms with E-state index in [-0.39, 0.29) is 11.9 Å². The second-order valence-electron chi connectivity index (χ2n) is 4.56. The largest absolute Gasteiger partial charge is 0.469 e. The number of esters is 1. The van der Waals surface area contributed by atoms with Crippen LogP contribution in [-0.2, 0) is 21.4 Å². The summed E-state index contributed by atoms with van der Waals surface area (Å²) in [4.78, 5) is 22.4. The highest BCUT2D eigenvalue weighted by molar-refractivity contribution is 5.91. The number of carbonyl (C=O) groups excluding carboxylic acids is 2. The molecular weight excluding hydrogens is 256 g/mol. The lowest BCUT2D eigenvalue weighted by Gasteiger charge is -2.02. The Balaban J connectivity index is 2.10. The zero-order valence-corrected chi connectivity index (χ0v) is 12.1. The maximum absolute atomic E-state index is 11.6. The fourth-order valence-electron chi connectivity index (χ4n) is 1.75. The predicted molar refractivity (Wildman–Crippen MR) is 77.9 cm³/mol. The molecule has 5 heteroatoms. The van der Waals surface area contributed by atoms with Crippen LogP contribution in [0.15, 0.2) is 24.4 Å². The van der Waals surface area contributed by atoms with Gasteiger partial charge in [-0.15, -0.1) is 0 Å². The quantitative estimate of drug-likeness (QED) is 0.449. The number of amides is 1. The lowest BCUT2D eigenvalue weighted by molar-refractivity contribution is -0.140. The third kappa shape index (κ3) is 6.22. The molecular formula is C15H22N2O3. The summed E-state index contributed by atoms with van der Waals surface area (Å²) in [5.41, 5.74) is 0.984. The summed E-state index contributed by atoms with van der Waals surface area (Å²) in [5, 5.41) is 2.82. The van der Waals surface area contributed by atoms with Crippen molar-refractivity contribution < 1.29 is 14.3 Å². The number of aromatic nitrogens is 1. The Kier molecular flexibility index (Phi) is 7.17. The lowest BCUT2D eigenvalue weighted by Crippen LogP contribution is -2.22. The van der Waals surface area contributed by atoms with Gasteiger partial charge in [-0.3, -0.25) is 9.59 Å². The molecule has 0 radical (unpaired) electrons. The molecule has 0 aliphatic carbocycles. The molecule has 1 heterocycles. The topological polar surface area (TPSA) is 60.3 Å². The first-order chi connectivity index (χ1) is 9.63. The van der Waals surface area contributed by atoms with E-state index in [9.17, 15) is 9.59 Å². The summed E-state index contributed by atoms with van der Waals surface area (Å²) < 4.78 is 6.49. The number of ether oxygens (including phenoxy) is 1. The zero-order chi connectivity index (χ0) is 14.8. The molecule has 0 fully saturated rings. The highest BCUT2D eigenvalue weighted by atomic mass is 16.5. The van der Waals surface area contributed by atoms with Crippen molar-refractivity contribution in [1.29, 1.82) is 0 Å². The standard InChI is InChI=1S/C15H22N2O3/c1-17-12-6-7-13(17)9-10-14(18)16-11-5-3-4-8-15(19)20-2/h6-7,9-10,12H,3-5,8,11H2,1-2H3,(H,16,18). The monoisotopic (exact) mass is 278 g/mol. The summed E-state index contributed by atoms with van der Waals surface area (Å²) in [7, 11) is 3.32. The number of nitrogens with one attached hydrogen (secondary N) is 1. The van der Waals surface area contributed by atoms with E-state index in [2.05, 4.69) is 10.1 Å². The first kappa shape index (κ1) is 16.0. The van der Waals surface area contributed by atoms with Crippen molar-refractivity contribution in [2.24, 2.45) is 7.05 Å². The molecule has 0 aromatic carbocycles. The van der Waals surface area contributed by atoms with Crippen LogP contribution in [0.25, 0.3) is 6.08 Å². The summed E-state index contributed by atoms with van der Waals surface area (Å²) in [6.45, 7) is 0.623. The van der Waals surface area contributed by atoms with E-state index in [1.807, 2.05) is 29.9 Å². The molecule has 1 aromatic heterocycles. The molecule has 0 spiro atoms. The molecule has 5 nitrogen and oxygen atoms in total. The van der Waals surface area contributed by atoms with Gasteiger partial charge in [-0.2, -0.15) is 0 Å². The van der Waals surface area contributed by atoms with E-state index in [0.29, 0.717) is 13.0 Å². The Labute approximate surface area is 119 Å². The Bertz CT molecular complexity index is 463. The second kappa shape index (κ2) is 8.96. The van der Waals surface area contributed by atoms with E-state index in [1.54, 1.807) is 6.08 Å². The van der Waals surface area contributed by atoms with Gasteiger partial charge in [0.25, 0.3) is 0 Å². The highest BCUT2D eigenvalue weighted by Gasteiger charge is 2.00. The van der Waals surface area contributed by atoms with Crippen molar-refractivity contribution in [3.05, 3.63) is 30.1 Å². The van der Waals surface area contributed by atoms with Gasteiger partial charge in [0.2, 0.25) is 5.91 Å². The van der Waals surface area contributed by atoms with Gasteiger partial charge in [-0.05, 0) is 31.1 Å². The number of hydrogen-bond donors (Lipinski definition) is 1. The van der Waals surface area contributed by atoms with E-state index in [1.165, 1.54) is 13.2 Å². The Morgan fingerprint density at radius 3 is 2.80 bits per heavy atom. The van der Waals surface area contributed by atoms with Crippen molar-refractivity contribution in [3.8, 4) is 0 Å². The van der Waals surface area contributed by atoms with Gasteiger partial charge in [0.05, 0.1) is 7.11 Å². The van der Waals surface area contributed by atoms with Crippen LogP contribution in [0.4, 0.5) is 0 Å². The van der Waals surface area contributed by atoms with Gasteiger partial charge in [0.1, 0.15) is 0 Å². The molecule has 0 saturated heterocycles. The Morgan fingerprint density at radius 2 is 2.15 bits per heavy atom. The van der Waals surface area contributed by atoms with Crippen molar-refractivity contribution in [2.45, 2.75) is 25.7 Å². The van der Waals surface area contributed by atoms with E-state index in [0.717, 1.165) is 25.0 Å². The van der Waals surface area contributed by atoms with Crippen molar-refractivity contribution in [3.63, 3.8) is 0 Å². The smallest absolute Gasteiger partial charge is 0.305 e. The van der Waals surface area contributed by atoms with Gasteiger partial charge in [-0.25, -0.2) is 0 Å². The molecule has 0 atom stereocenters. The van der Waals surface area contributed by atoms with E-state index >= 15 is 0 Å². The van der Waals surface area contributed by atoms with Crippen LogP contribution in [-0.4, -0.2) is 30.1 Å². The van der Waals surface area contributed by atoms with Crippen molar-refractivity contribution >= 4 is 18.0 Å². The average molecular weight is 278 g/mol. The maximum atomic E-state index is 11.6. The highest BCUT2D eigenvalue weighted by Crippen LogP contribution is 2.02. The summed E-state index contributed by atoms with van der Waals surface area (Å²) in [6.07, 6.45) is 8.24. The second-order valence-corrected chi connectivity index (χ2v) is 4.56. The first-order valence-corrected chi connectivity index (χ1v) is 6.77. The van der Waals surface area contributed by atoms with E-state index < -0.39 is 0 Å². The van der Waals surface area contributed by atoms with Crippen LogP contribution >= 0.6 is 0 Å². The molecule has 0 saturated carbocycles. The number of methoxy groups -OCH3 is 1. The number of carbonyl (C=O) groups is 2. The third-order valence-corrected chi connectivity index (χ3v) is 2.97. The van der Waals surface area contributed by atoms with Crippen LogP contribution in [0.3, 0.4) is 0 Å². The van der Waals surface area contributed by atoms with Crippen LogP contribution in [0.2, 0.25) is 0 Å². The molecule has 1 N–H and O–H groups in total. The minimum atomic E-state index is -0.181. The molecule has 1 rings (SSSR count). The van der Waals surface area contributed by atoms with Crippen LogP contribution in [0, 0.1) is 0 Å². The number of hydrogen-bond acceptors (Lipinski definition) is 3. The summed E-state index contributed by atoms with van der Waals surface area (Å²) >= 11 is 0. The Morgan fingerprint density at radius 1 is 1.35 bits per heavy atom. The van der Waals surface area contributed by atoms with E-state index in [4.69, 9.17) is 0 Å². The molecule has 110 valence electrons. The number of nitrogens with zero attached hydrogens (tertiary/aromatic N) is 1. The molecule has 20 heavy (non-hydrogen) atoms. The molecule has 0 aliphatic rings. The molecule has 1 amide bonds. The van der Waals surface area contributed by atoms with Gasteiger partial charge in [0, 0.05) is 38.0 Å². The average Bonchev–Trinajstić information content (AvgIpc) is 2.85. The summed E-state index contributed by atoms with van der Waals surface area (Å²) in [5.74, 6) is -0.279. The number of aryl methyl sites for hydroxylation is 1. The van der Waals surface area contributed by atoms with Gasteiger partial charge < -0.3 is 14.6 Å². The van der Waals surface area contributed by atoms with Crippen molar-refractivity contribution in [2.75, 3.05) is 13.7 Å². The Hall–Kier alpha value is -2.04. The maximum Gasteiger partial charge on any atom is 0.305 e. The summed E-state index contributed by atoms with van der Waals surface area (Å²) in [6, 6.07) is 3.87. The normalized spacial score (nSPS) is 10.7. The fourth-order valence-corrected chi connectivity index (χ4v) is 1.75. The minimum absolute atomic E-state index is 0.0980. The van der Waals surface area contributed by atoms with Crippen LogP contribution in [0.1, 0.15) is 31.4 Å². The van der Waals surface area contributed by atoms with Crippen LogP contribution < -0.4 is 5.32 Å².